The Morgan fingerprint density at radius 2 is 1.54 bits per heavy atom. The van der Waals surface area contributed by atoms with Gasteiger partial charge < -0.3 is 0 Å². The number of imide groups is 1. The molecule has 2 aliphatic carbocycles. The van der Waals surface area contributed by atoms with Crippen LogP contribution in [0.4, 0.5) is 5.69 Å². The number of hydrogen-bond donors (Lipinski definition) is 0. The first-order chi connectivity index (χ1) is 13.5. The van der Waals surface area contributed by atoms with Gasteiger partial charge in [0.2, 0.25) is 11.8 Å². The number of carbonyl (C=O) groups excluding carboxylic acids is 2. The highest BCUT2D eigenvalue weighted by molar-refractivity contribution is 6.32. The second-order valence-electron chi connectivity index (χ2n) is 7.88. The van der Waals surface area contributed by atoms with E-state index in [1.807, 2.05) is 31.2 Å². The van der Waals surface area contributed by atoms with Gasteiger partial charge in [0.1, 0.15) is 0 Å². The molecule has 2 fully saturated rings. The Kier molecular flexibility index (Phi) is 3.85. The van der Waals surface area contributed by atoms with E-state index in [2.05, 4.69) is 31.2 Å². The van der Waals surface area contributed by atoms with Gasteiger partial charge in [-0.15, -0.1) is 0 Å². The van der Waals surface area contributed by atoms with Crippen molar-refractivity contribution >= 4 is 34.7 Å². The normalized spacial score (nSPS) is 27.7. The molecular formula is C24H20ClNO2. The number of anilines is 1. The molecule has 2 amide bonds. The van der Waals surface area contributed by atoms with Crippen LogP contribution in [0.3, 0.4) is 0 Å². The zero-order valence-electron chi connectivity index (χ0n) is 15.7. The standard InChI is InChI=1S/C24H20ClNO2/c1-13-8-9-16(12-19(13)25)26-23(27)21-17-10-11-18(22(21)24(26)28)20(17)14(2)15-6-4-3-5-7-15/h3-12,17-18,21-22H,1-2H3/t17-,18-,21+,22+/m1/s1. The summed E-state index contributed by atoms with van der Waals surface area (Å²) in [6.45, 7) is 4.01. The van der Waals surface area contributed by atoms with Crippen molar-refractivity contribution in [2.75, 3.05) is 4.90 Å². The molecule has 0 aromatic heterocycles. The van der Waals surface area contributed by atoms with Crippen LogP contribution >= 0.6 is 11.6 Å². The molecule has 0 N–H and O–H groups in total. The lowest BCUT2D eigenvalue weighted by Gasteiger charge is -2.20. The predicted octanol–water partition coefficient (Wildman–Crippen LogP) is 5.04. The van der Waals surface area contributed by atoms with Crippen LogP contribution in [0.2, 0.25) is 5.02 Å². The van der Waals surface area contributed by atoms with Gasteiger partial charge >= 0.3 is 0 Å². The number of rotatable bonds is 2. The van der Waals surface area contributed by atoms with Crippen LogP contribution in [0, 0.1) is 30.6 Å². The molecule has 2 aromatic carbocycles. The fourth-order valence-electron chi connectivity index (χ4n) is 5.09. The maximum absolute atomic E-state index is 13.3. The van der Waals surface area contributed by atoms with Crippen LogP contribution in [0.5, 0.6) is 0 Å². The third kappa shape index (κ3) is 2.29. The summed E-state index contributed by atoms with van der Waals surface area (Å²) in [5.41, 5.74) is 5.06. The van der Waals surface area contributed by atoms with E-state index in [-0.39, 0.29) is 35.5 Å². The summed E-state index contributed by atoms with van der Waals surface area (Å²) in [6.07, 6.45) is 4.23. The van der Waals surface area contributed by atoms with Crippen LogP contribution in [0.25, 0.3) is 5.57 Å². The second kappa shape index (κ2) is 6.18. The van der Waals surface area contributed by atoms with Crippen molar-refractivity contribution in [3.8, 4) is 0 Å². The molecule has 4 heteroatoms. The zero-order valence-corrected chi connectivity index (χ0v) is 16.5. The van der Waals surface area contributed by atoms with Crippen molar-refractivity contribution in [3.63, 3.8) is 0 Å². The van der Waals surface area contributed by atoms with Gasteiger partial charge in [-0.2, -0.15) is 0 Å². The van der Waals surface area contributed by atoms with E-state index >= 15 is 0 Å². The highest BCUT2D eigenvalue weighted by Crippen LogP contribution is 2.58. The minimum atomic E-state index is -0.309. The molecule has 3 nitrogen and oxygen atoms in total. The fourth-order valence-corrected chi connectivity index (χ4v) is 5.27. The van der Waals surface area contributed by atoms with Crippen molar-refractivity contribution in [1.82, 2.24) is 0 Å². The van der Waals surface area contributed by atoms with Crippen LogP contribution in [-0.4, -0.2) is 11.8 Å². The lowest BCUT2D eigenvalue weighted by Crippen LogP contribution is -2.33. The van der Waals surface area contributed by atoms with Gasteiger partial charge in [-0.05, 0) is 42.7 Å². The van der Waals surface area contributed by atoms with E-state index in [1.165, 1.54) is 16.0 Å². The van der Waals surface area contributed by atoms with E-state index < -0.39 is 0 Å². The molecule has 2 bridgehead atoms. The topological polar surface area (TPSA) is 37.4 Å². The first-order valence-corrected chi connectivity index (χ1v) is 9.95. The number of amides is 2. The maximum Gasteiger partial charge on any atom is 0.238 e. The molecule has 5 rings (SSSR count). The van der Waals surface area contributed by atoms with Crippen molar-refractivity contribution in [2.24, 2.45) is 23.7 Å². The summed E-state index contributed by atoms with van der Waals surface area (Å²) >= 11 is 6.24. The van der Waals surface area contributed by atoms with Crippen molar-refractivity contribution in [3.05, 3.63) is 82.4 Å². The Hall–Kier alpha value is -2.65. The SMILES string of the molecule is CC(=C1[C@H]2C=C[C@H]1[C@@H]1C(=O)N(c3ccc(C)c(Cl)c3)C(=O)[C@H]12)c1ccccc1. The molecule has 3 aliphatic rings. The molecular weight excluding hydrogens is 370 g/mol. The van der Waals surface area contributed by atoms with Gasteiger partial charge in [0.25, 0.3) is 0 Å². The highest BCUT2D eigenvalue weighted by Gasteiger charge is 2.62. The summed E-state index contributed by atoms with van der Waals surface area (Å²) < 4.78 is 0. The average Bonchev–Trinajstić information content (AvgIpc) is 3.34. The lowest BCUT2D eigenvalue weighted by molar-refractivity contribution is -0.122. The predicted molar refractivity (Wildman–Crippen MR) is 111 cm³/mol. The van der Waals surface area contributed by atoms with E-state index in [0.717, 1.165) is 11.1 Å². The maximum atomic E-state index is 13.3. The smallest absolute Gasteiger partial charge is 0.238 e. The van der Waals surface area contributed by atoms with Gasteiger partial charge in [-0.25, -0.2) is 4.90 Å². The third-order valence-electron chi connectivity index (χ3n) is 6.47. The molecule has 1 saturated heterocycles. The van der Waals surface area contributed by atoms with Crippen molar-refractivity contribution in [2.45, 2.75) is 13.8 Å². The van der Waals surface area contributed by atoms with E-state index in [4.69, 9.17) is 11.6 Å². The molecule has 0 spiro atoms. The Bertz CT molecular complexity index is 1040. The number of fused-ring (bicyclic) bond motifs is 5. The molecule has 4 atom stereocenters. The molecule has 1 saturated carbocycles. The number of carbonyl (C=O) groups is 2. The van der Waals surface area contributed by atoms with Gasteiger partial charge in [-0.1, -0.05) is 65.7 Å². The lowest BCUT2D eigenvalue weighted by atomic mass is 9.85. The number of halogens is 1. The third-order valence-corrected chi connectivity index (χ3v) is 6.88. The molecule has 0 radical (unpaired) electrons. The zero-order chi connectivity index (χ0) is 19.6. The molecule has 0 unspecified atom stereocenters. The Labute approximate surface area is 169 Å². The van der Waals surface area contributed by atoms with E-state index in [9.17, 15) is 9.59 Å². The molecule has 1 heterocycles. The number of nitrogens with zero attached hydrogens (tertiary/aromatic N) is 1. The van der Waals surface area contributed by atoms with Gasteiger partial charge in [0.05, 0.1) is 17.5 Å². The number of aryl methyl sites for hydroxylation is 1. The summed E-state index contributed by atoms with van der Waals surface area (Å²) in [4.78, 5) is 27.9. The van der Waals surface area contributed by atoms with Gasteiger partial charge in [-0.3, -0.25) is 9.59 Å². The Morgan fingerprint density at radius 3 is 2.11 bits per heavy atom. The van der Waals surface area contributed by atoms with Crippen molar-refractivity contribution in [1.29, 1.82) is 0 Å². The van der Waals surface area contributed by atoms with Crippen LogP contribution in [0.1, 0.15) is 18.1 Å². The van der Waals surface area contributed by atoms with E-state index in [1.54, 1.807) is 12.1 Å². The minimum Gasteiger partial charge on any atom is -0.274 e. The molecule has 140 valence electrons. The Balaban J connectivity index is 1.55. The summed E-state index contributed by atoms with van der Waals surface area (Å²) in [5.74, 6) is -0.835. The number of hydrogen-bond acceptors (Lipinski definition) is 2. The monoisotopic (exact) mass is 389 g/mol. The number of benzene rings is 2. The quantitative estimate of drug-likeness (QED) is 0.532. The Morgan fingerprint density at radius 1 is 0.929 bits per heavy atom. The van der Waals surface area contributed by atoms with E-state index in [0.29, 0.717) is 10.7 Å². The van der Waals surface area contributed by atoms with Gasteiger partial charge in [0, 0.05) is 16.9 Å². The first-order valence-electron chi connectivity index (χ1n) is 9.57. The molecule has 28 heavy (non-hydrogen) atoms. The number of allylic oxidation sites excluding steroid dienone is 4. The van der Waals surface area contributed by atoms with Crippen molar-refractivity contribution < 1.29 is 9.59 Å². The minimum absolute atomic E-state index is 0.00224. The average molecular weight is 390 g/mol. The summed E-state index contributed by atoms with van der Waals surface area (Å²) in [7, 11) is 0. The molecule has 1 aliphatic heterocycles. The summed E-state index contributed by atoms with van der Waals surface area (Å²) in [6, 6.07) is 15.6. The molecule has 2 aromatic rings. The second-order valence-corrected chi connectivity index (χ2v) is 8.29. The van der Waals surface area contributed by atoms with Crippen LogP contribution in [-0.2, 0) is 9.59 Å². The summed E-state index contributed by atoms with van der Waals surface area (Å²) in [5, 5.41) is 0.566. The fraction of sp³-hybridized carbons (Fsp3) is 0.250. The largest absolute Gasteiger partial charge is 0.274 e. The van der Waals surface area contributed by atoms with Gasteiger partial charge in [0.15, 0.2) is 0 Å². The van der Waals surface area contributed by atoms with Crippen LogP contribution < -0.4 is 4.90 Å². The van der Waals surface area contributed by atoms with Crippen LogP contribution in [0.15, 0.2) is 66.3 Å². The highest BCUT2D eigenvalue weighted by atomic mass is 35.5. The first kappa shape index (κ1) is 17.4.